The van der Waals surface area contributed by atoms with Gasteiger partial charge in [-0.2, -0.15) is 0 Å². The molecule has 1 heterocycles. The van der Waals surface area contributed by atoms with Crippen LogP contribution in [-0.4, -0.2) is 41.8 Å². The lowest BCUT2D eigenvalue weighted by molar-refractivity contribution is 0.0986. The molecule has 0 radical (unpaired) electrons. The number of piperidine rings is 1. The Morgan fingerprint density at radius 3 is 2.44 bits per heavy atom. The first-order valence-corrected chi connectivity index (χ1v) is 11.6. The van der Waals surface area contributed by atoms with Crippen LogP contribution in [0.15, 0.2) is 22.7 Å². The number of ether oxygens (including phenoxy) is 1. The molecule has 2 aliphatic rings. The van der Waals surface area contributed by atoms with E-state index in [0.29, 0.717) is 0 Å². The molecule has 0 atom stereocenters. The lowest BCUT2D eigenvalue weighted by Crippen LogP contribution is -2.36. The second-order valence-electron chi connectivity index (χ2n) is 8.87. The standard InChI is InChI=1S/C23H36BrNO2/c1-17(2)27-22-7-8-23(24)20(16-22)15-19-10-13-25(14-11-19)12-9-18-3-5-21(26)6-4-18/h7-8,16-19,21,26H,3-6,9-15H2,1-2H3. The lowest BCUT2D eigenvalue weighted by atomic mass is 9.85. The van der Waals surface area contributed by atoms with Gasteiger partial charge >= 0.3 is 0 Å². The third-order valence-corrected chi connectivity index (χ3v) is 7.05. The minimum absolute atomic E-state index is 0.0271. The van der Waals surface area contributed by atoms with Crippen molar-refractivity contribution in [2.24, 2.45) is 11.8 Å². The molecule has 1 saturated carbocycles. The van der Waals surface area contributed by atoms with Gasteiger partial charge in [0.25, 0.3) is 0 Å². The summed E-state index contributed by atoms with van der Waals surface area (Å²) in [5.74, 6) is 2.60. The fourth-order valence-corrected chi connectivity index (χ4v) is 4.99. The molecule has 1 aromatic carbocycles. The predicted octanol–water partition coefficient (Wildman–Crippen LogP) is 5.43. The van der Waals surface area contributed by atoms with Gasteiger partial charge in [0, 0.05) is 4.47 Å². The van der Waals surface area contributed by atoms with Crippen molar-refractivity contribution in [3.63, 3.8) is 0 Å². The van der Waals surface area contributed by atoms with Gasteiger partial charge in [-0.25, -0.2) is 0 Å². The van der Waals surface area contributed by atoms with Crippen molar-refractivity contribution in [1.82, 2.24) is 4.90 Å². The largest absolute Gasteiger partial charge is 0.491 e. The van der Waals surface area contributed by atoms with E-state index in [1.165, 1.54) is 61.8 Å². The molecule has 1 N–H and O–H groups in total. The van der Waals surface area contributed by atoms with Crippen LogP contribution < -0.4 is 4.74 Å². The Bertz CT molecular complexity index is 576. The number of hydrogen-bond acceptors (Lipinski definition) is 3. The average molecular weight is 438 g/mol. The maximum Gasteiger partial charge on any atom is 0.120 e. The van der Waals surface area contributed by atoms with E-state index in [-0.39, 0.29) is 12.2 Å². The number of aliphatic hydroxyl groups is 1. The average Bonchev–Trinajstić information content (AvgIpc) is 2.65. The molecule has 1 aromatic rings. The van der Waals surface area contributed by atoms with Crippen molar-refractivity contribution in [3.8, 4) is 5.75 Å². The van der Waals surface area contributed by atoms with Gasteiger partial charge in [-0.1, -0.05) is 15.9 Å². The minimum Gasteiger partial charge on any atom is -0.491 e. The van der Waals surface area contributed by atoms with Gasteiger partial charge < -0.3 is 14.7 Å². The van der Waals surface area contributed by atoms with E-state index in [4.69, 9.17) is 4.74 Å². The lowest BCUT2D eigenvalue weighted by Gasteiger charge is -2.34. The molecule has 152 valence electrons. The zero-order chi connectivity index (χ0) is 19.2. The molecule has 1 saturated heterocycles. The van der Waals surface area contributed by atoms with E-state index in [1.54, 1.807) is 0 Å². The van der Waals surface area contributed by atoms with E-state index in [0.717, 1.165) is 36.8 Å². The SMILES string of the molecule is CC(C)Oc1ccc(Br)c(CC2CCN(CCC3CCC(O)CC3)CC2)c1. The summed E-state index contributed by atoms with van der Waals surface area (Å²) in [4.78, 5) is 2.66. The molecular formula is C23H36BrNO2. The Balaban J connectivity index is 1.41. The normalized spacial score (nSPS) is 25.1. The Hall–Kier alpha value is -0.580. The maximum absolute atomic E-state index is 9.65. The van der Waals surface area contributed by atoms with Gasteiger partial charge in [0.05, 0.1) is 12.2 Å². The second kappa shape index (κ2) is 10.3. The first kappa shape index (κ1) is 21.1. The monoisotopic (exact) mass is 437 g/mol. The highest BCUT2D eigenvalue weighted by atomic mass is 79.9. The van der Waals surface area contributed by atoms with Crippen LogP contribution in [0.1, 0.15) is 64.4 Å². The summed E-state index contributed by atoms with van der Waals surface area (Å²) in [6.07, 6.45) is 9.72. The van der Waals surface area contributed by atoms with E-state index < -0.39 is 0 Å². The minimum atomic E-state index is -0.0271. The van der Waals surface area contributed by atoms with E-state index in [9.17, 15) is 5.11 Å². The molecule has 0 amide bonds. The first-order valence-electron chi connectivity index (χ1n) is 10.8. The van der Waals surface area contributed by atoms with Gasteiger partial charge in [0.2, 0.25) is 0 Å². The third kappa shape index (κ3) is 6.76. The van der Waals surface area contributed by atoms with Gasteiger partial charge in [-0.3, -0.25) is 0 Å². The van der Waals surface area contributed by atoms with Gasteiger partial charge in [-0.15, -0.1) is 0 Å². The van der Waals surface area contributed by atoms with E-state index in [2.05, 4.69) is 52.9 Å². The second-order valence-corrected chi connectivity index (χ2v) is 9.73. The maximum atomic E-state index is 9.65. The Kier molecular flexibility index (Phi) is 8.04. The quantitative estimate of drug-likeness (QED) is 0.616. The summed E-state index contributed by atoms with van der Waals surface area (Å²) in [5.41, 5.74) is 1.38. The van der Waals surface area contributed by atoms with Gasteiger partial charge in [-0.05, 0) is 120 Å². The molecular weight excluding hydrogens is 402 g/mol. The van der Waals surface area contributed by atoms with Crippen molar-refractivity contribution in [3.05, 3.63) is 28.2 Å². The molecule has 2 fully saturated rings. The summed E-state index contributed by atoms with van der Waals surface area (Å²) in [7, 11) is 0. The zero-order valence-corrected chi connectivity index (χ0v) is 18.6. The summed E-state index contributed by atoms with van der Waals surface area (Å²) < 4.78 is 7.08. The zero-order valence-electron chi connectivity index (χ0n) is 17.0. The molecule has 27 heavy (non-hydrogen) atoms. The topological polar surface area (TPSA) is 32.7 Å². The fraction of sp³-hybridized carbons (Fsp3) is 0.739. The van der Waals surface area contributed by atoms with Crippen LogP contribution in [0, 0.1) is 11.8 Å². The molecule has 0 unspecified atom stereocenters. The first-order chi connectivity index (χ1) is 13.0. The van der Waals surface area contributed by atoms with Crippen LogP contribution in [0.4, 0.5) is 0 Å². The molecule has 0 spiro atoms. The molecule has 3 rings (SSSR count). The summed E-state index contributed by atoms with van der Waals surface area (Å²) in [6, 6.07) is 6.40. The van der Waals surface area contributed by atoms with Crippen LogP contribution in [-0.2, 0) is 6.42 Å². The Labute approximate surface area is 173 Å². The highest BCUT2D eigenvalue weighted by molar-refractivity contribution is 9.10. The van der Waals surface area contributed by atoms with Crippen molar-refractivity contribution < 1.29 is 9.84 Å². The van der Waals surface area contributed by atoms with Crippen LogP contribution in [0.3, 0.4) is 0 Å². The molecule has 1 aliphatic carbocycles. The molecule has 3 nitrogen and oxygen atoms in total. The number of halogens is 1. The number of nitrogens with zero attached hydrogens (tertiary/aromatic N) is 1. The number of likely N-dealkylation sites (tertiary alicyclic amines) is 1. The number of rotatable bonds is 7. The van der Waals surface area contributed by atoms with Gasteiger partial charge in [0.1, 0.15) is 5.75 Å². The van der Waals surface area contributed by atoms with Crippen molar-refractivity contribution in [2.45, 2.75) is 77.4 Å². The smallest absolute Gasteiger partial charge is 0.120 e. The highest BCUT2D eigenvalue weighted by Crippen LogP contribution is 2.30. The summed E-state index contributed by atoms with van der Waals surface area (Å²) in [5, 5.41) is 9.65. The molecule has 0 bridgehead atoms. The third-order valence-electron chi connectivity index (χ3n) is 6.27. The highest BCUT2D eigenvalue weighted by Gasteiger charge is 2.23. The summed E-state index contributed by atoms with van der Waals surface area (Å²) in [6.45, 7) is 7.87. The molecule has 4 heteroatoms. The molecule has 0 aromatic heterocycles. The van der Waals surface area contributed by atoms with Crippen LogP contribution in [0.5, 0.6) is 5.75 Å². The number of hydrogen-bond donors (Lipinski definition) is 1. The van der Waals surface area contributed by atoms with Gasteiger partial charge in [0.15, 0.2) is 0 Å². The van der Waals surface area contributed by atoms with E-state index in [1.807, 2.05) is 0 Å². The van der Waals surface area contributed by atoms with Crippen molar-refractivity contribution >= 4 is 15.9 Å². The van der Waals surface area contributed by atoms with E-state index >= 15 is 0 Å². The van der Waals surface area contributed by atoms with Crippen LogP contribution in [0.2, 0.25) is 0 Å². The Morgan fingerprint density at radius 1 is 1.07 bits per heavy atom. The fourth-order valence-electron chi connectivity index (χ4n) is 4.58. The summed E-state index contributed by atoms with van der Waals surface area (Å²) >= 11 is 3.72. The number of aliphatic hydroxyl groups excluding tert-OH is 1. The van der Waals surface area contributed by atoms with Crippen LogP contribution in [0.25, 0.3) is 0 Å². The predicted molar refractivity (Wildman–Crippen MR) is 115 cm³/mol. The molecule has 1 aliphatic heterocycles. The van der Waals surface area contributed by atoms with Crippen molar-refractivity contribution in [2.75, 3.05) is 19.6 Å². The van der Waals surface area contributed by atoms with Crippen molar-refractivity contribution in [1.29, 1.82) is 0 Å². The number of benzene rings is 1. The van der Waals surface area contributed by atoms with Crippen LogP contribution >= 0.6 is 15.9 Å². The Morgan fingerprint density at radius 2 is 1.78 bits per heavy atom.